The van der Waals surface area contributed by atoms with Crippen LogP contribution in [0, 0.1) is 12.3 Å². The smallest absolute Gasteiger partial charge is 0.224 e. The molecule has 1 aromatic rings. The Bertz CT molecular complexity index is 483. The predicted molar refractivity (Wildman–Crippen MR) is 78.5 cm³/mol. The van der Waals surface area contributed by atoms with Crippen LogP contribution in [0.15, 0.2) is 18.2 Å². The largest absolute Gasteiger partial charge is 0.389 e. The van der Waals surface area contributed by atoms with Gasteiger partial charge in [-0.2, -0.15) is 0 Å². The number of nitrogens with two attached hydrogens (primary N) is 2. The minimum absolute atomic E-state index is 0.332. The molecule has 5 N–H and O–H groups in total. The average molecular weight is 265 g/mol. The monoisotopic (exact) mass is 265 g/mol. The zero-order valence-corrected chi connectivity index (χ0v) is 11.7. The number of carbonyl (C=O) groups is 1. The quantitative estimate of drug-likeness (QED) is 0.706. The number of carbonyl (C=O) groups excluding carboxylic acids is 1. The second kappa shape index (κ2) is 5.35. The molecule has 0 aliphatic carbocycles. The van der Waals surface area contributed by atoms with Crippen LogP contribution >= 0.6 is 12.2 Å². The van der Waals surface area contributed by atoms with Crippen molar-refractivity contribution in [1.82, 2.24) is 0 Å². The normalized spacial score (nSPS) is 11.1. The Kier molecular flexibility index (Phi) is 4.29. The van der Waals surface area contributed by atoms with Crippen LogP contribution in [0.1, 0.15) is 25.0 Å². The molecule has 0 atom stereocenters. The number of rotatable bonds is 5. The Labute approximate surface area is 113 Å². The molecule has 0 saturated carbocycles. The van der Waals surface area contributed by atoms with Crippen LogP contribution in [-0.2, 0) is 4.79 Å². The molecular formula is C13H19N3OS. The van der Waals surface area contributed by atoms with Gasteiger partial charge in [0.05, 0.1) is 5.41 Å². The van der Waals surface area contributed by atoms with Crippen LogP contribution in [0.3, 0.4) is 0 Å². The predicted octanol–water partition coefficient (Wildman–Crippen LogP) is 1.55. The van der Waals surface area contributed by atoms with Crippen LogP contribution in [0.4, 0.5) is 5.69 Å². The first-order valence-corrected chi connectivity index (χ1v) is 6.09. The Morgan fingerprint density at radius 2 is 2.00 bits per heavy atom. The van der Waals surface area contributed by atoms with Crippen molar-refractivity contribution in [2.75, 3.05) is 11.9 Å². The van der Waals surface area contributed by atoms with E-state index < -0.39 is 5.41 Å². The first kappa shape index (κ1) is 14.4. The summed E-state index contributed by atoms with van der Waals surface area (Å²) in [6, 6.07) is 5.78. The average Bonchev–Trinajstić information content (AvgIpc) is 2.27. The number of thiocarbonyl (C=S) groups is 1. The van der Waals surface area contributed by atoms with E-state index in [1.807, 2.05) is 25.1 Å². The van der Waals surface area contributed by atoms with Gasteiger partial charge in [0.1, 0.15) is 4.99 Å². The number of aryl methyl sites for hydroxylation is 1. The van der Waals surface area contributed by atoms with E-state index >= 15 is 0 Å². The zero-order chi connectivity index (χ0) is 13.9. The molecule has 0 fully saturated rings. The molecule has 0 spiro atoms. The van der Waals surface area contributed by atoms with Crippen molar-refractivity contribution in [3.8, 4) is 0 Å². The summed E-state index contributed by atoms with van der Waals surface area (Å²) in [6.45, 7) is 5.98. The van der Waals surface area contributed by atoms with E-state index in [2.05, 4.69) is 5.32 Å². The molecule has 0 heterocycles. The molecule has 5 heteroatoms. The molecule has 0 bridgehead atoms. The van der Waals surface area contributed by atoms with E-state index in [1.54, 1.807) is 13.8 Å². The molecule has 1 aromatic carbocycles. The second-order valence-electron chi connectivity index (χ2n) is 5.01. The second-order valence-corrected chi connectivity index (χ2v) is 5.45. The Morgan fingerprint density at radius 3 is 2.50 bits per heavy atom. The molecule has 0 aliphatic rings. The number of benzene rings is 1. The summed E-state index contributed by atoms with van der Waals surface area (Å²) < 4.78 is 0. The van der Waals surface area contributed by atoms with Gasteiger partial charge in [-0.3, -0.25) is 4.79 Å². The molecule has 18 heavy (non-hydrogen) atoms. The van der Waals surface area contributed by atoms with Crippen molar-refractivity contribution in [1.29, 1.82) is 0 Å². The summed E-state index contributed by atoms with van der Waals surface area (Å²) in [5.74, 6) is -0.348. The van der Waals surface area contributed by atoms with E-state index in [1.165, 1.54) is 0 Å². The van der Waals surface area contributed by atoms with Crippen molar-refractivity contribution in [2.45, 2.75) is 20.8 Å². The van der Waals surface area contributed by atoms with Crippen LogP contribution in [0.25, 0.3) is 0 Å². The van der Waals surface area contributed by atoms with Crippen molar-refractivity contribution in [3.63, 3.8) is 0 Å². The highest BCUT2D eigenvalue weighted by Crippen LogP contribution is 2.20. The van der Waals surface area contributed by atoms with Gasteiger partial charge in [-0.15, -0.1) is 0 Å². The third kappa shape index (κ3) is 3.43. The zero-order valence-electron chi connectivity index (χ0n) is 10.9. The molecule has 1 rings (SSSR count). The first-order chi connectivity index (χ1) is 8.24. The van der Waals surface area contributed by atoms with Crippen LogP contribution in [-0.4, -0.2) is 17.4 Å². The van der Waals surface area contributed by atoms with Crippen molar-refractivity contribution in [3.05, 3.63) is 29.3 Å². The van der Waals surface area contributed by atoms with Crippen LogP contribution < -0.4 is 16.8 Å². The molecule has 0 aliphatic heterocycles. The van der Waals surface area contributed by atoms with E-state index in [0.29, 0.717) is 11.5 Å². The fraction of sp³-hybridized carbons (Fsp3) is 0.385. The van der Waals surface area contributed by atoms with Crippen molar-refractivity contribution >= 4 is 28.8 Å². The summed E-state index contributed by atoms with van der Waals surface area (Å²) in [5.41, 5.74) is 13.1. The lowest BCUT2D eigenvalue weighted by Crippen LogP contribution is -2.37. The highest BCUT2D eigenvalue weighted by molar-refractivity contribution is 7.80. The van der Waals surface area contributed by atoms with Crippen LogP contribution in [0.5, 0.6) is 0 Å². The van der Waals surface area contributed by atoms with E-state index in [-0.39, 0.29) is 5.91 Å². The van der Waals surface area contributed by atoms with E-state index in [0.717, 1.165) is 16.8 Å². The first-order valence-electron chi connectivity index (χ1n) is 5.68. The van der Waals surface area contributed by atoms with Gasteiger partial charge < -0.3 is 16.8 Å². The molecule has 0 radical (unpaired) electrons. The number of amides is 1. The van der Waals surface area contributed by atoms with Gasteiger partial charge in [-0.1, -0.05) is 23.8 Å². The van der Waals surface area contributed by atoms with Gasteiger partial charge >= 0.3 is 0 Å². The highest BCUT2D eigenvalue weighted by Gasteiger charge is 2.24. The van der Waals surface area contributed by atoms with Crippen molar-refractivity contribution in [2.24, 2.45) is 16.9 Å². The molecular weight excluding hydrogens is 246 g/mol. The maximum Gasteiger partial charge on any atom is 0.224 e. The maximum atomic E-state index is 11.2. The minimum atomic E-state index is -0.627. The summed E-state index contributed by atoms with van der Waals surface area (Å²) in [6.07, 6.45) is 0. The molecule has 98 valence electrons. The fourth-order valence-electron chi connectivity index (χ4n) is 1.42. The minimum Gasteiger partial charge on any atom is -0.389 e. The number of hydrogen-bond donors (Lipinski definition) is 3. The van der Waals surface area contributed by atoms with E-state index in [9.17, 15) is 4.79 Å². The fourth-order valence-corrected chi connectivity index (χ4v) is 1.59. The Hall–Kier alpha value is -1.62. The highest BCUT2D eigenvalue weighted by atomic mass is 32.1. The molecule has 1 amide bonds. The molecule has 0 saturated heterocycles. The van der Waals surface area contributed by atoms with Gasteiger partial charge in [0.15, 0.2) is 0 Å². The van der Waals surface area contributed by atoms with Gasteiger partial charge in [-0.25, -0.2) is 0 Å². The van der Waals surface area contributed by atoms with E-state index in [4.69, 9.17) is 23.7 Å². The lowest BCUT2D eigenvalue weighted by atomic mass is 9.92. The number of primary amides is 1. The van der Waals surface area contributed by atoms with Crippen molar-refractivity contribution < 1.29 is 4.79 Å². The summed E-state index contributed by atoms with van der Waals surface area (Å²) >= 11 is 5.01. The Morgan fingerprint density at radius 1 is 1.39 bits per heavy atom. The lowest BCUT2D eigenvalue weighted by molar-refractivity contribution is -0.125. The molecule has 4 nitrogen and oxygen atoms in total. The van der Waals surface area contributed by atoms with Gasteiger partial charge in [0.2, 0.25) is 5.91 Å². The number of anilines is 1. The summed E-state index contributed by atoms with van der Waals surface area (Å²) in [7, 11) is 0. The van der Waals surface area contributed by atoms with Gasteiger partial charge in [-0.05, 0) is 32.9 Å². The lowest BCUT2D eigenvalue weighted by Gasteiger charge is -2.22. The third-order valence-corrected chi connectivity index (χ3v) is 3.05. The topological polar surface area (TPSA) is 81.1 Å². The Balaban J connectivity index is 2.92. The molecule has 0 aromatic heterocycles. The SMILES string of the molecule is Cc1ccc(NCC(C)(C)C(N)=O)c(C(N)=S)c1. The molecule has 0 unspecified atom stereocenters. The standard InChI is InChI=1S/C13H19N3OS/c1-8-4-5-10(9(6-8)11(14)18)16-7-13(2,3)12(15)17/h4-6,16H,7H2,1-3H3,(H2,14,18)(H2,15,17). The number of nitrogens with one attached hydrogen (secondary N) is 1. The van der Waals surface area contributed by atoms with Gasteiger partial charge in [0, 0.05) is 17.8 Å². The van der Waals surface area contributed by atoms with Crippen LogP contribution in [0.2, 0.25) is 0 Å². The maximum absolute atomic E-state index is 11.2. The number of hydrogen-bond acceptors (Lipinski definition) is 3. The summed E-state index contributed by atoms with van der Waals surface area (Å²) in [4.78, 5) is 11.6. The third-order valence-electron chi connectivity index (χ3n) is 2.83. The van der Waals surface area contributed by atoms with Gasteiger partial charge in [0.25, 0.3) is 0 Å². The summed E-state index contributed by atoms with van der Waals surface area (Å²) in [5, 5.41) is 3.18.